The standard InChI is InChI=1S/C21H32N4O3/c1-28-21(14-22-20(27)15-6-7-15)10-12-25(13-11-21)19(26)9-8-18-16-4-2-3-5-17(16)23-24-18/h15H,2-14H2,1H3,(H,22,27)(H,23,24). The van der Waals surface area contributed by atoms with Gasteiger partial charge in [-0.1, -0.05) is 0 Å². The maximum absolute atomic E-state index is 12.7. The monoisotopic (exact) mass is 388 g/mol. The zero-order valence-corrected chi connectivity index (χ0v) is 16.9. The molecule has 7 nitrogen and oxygen atoms in total. The molecule has 0 atom stereocenters. The Morgan fingerprint density at radius 3 is 2.71 bits per heavy atom. The Morgan fingerprint density at radius 1 is 1.25 bits per heavy atom. The average molecular weight is 389 g/mol. The highest BCUT2D eigenvalue weighted by Crippen LogP contribution is 2.30. The quantitative estimate of drug-likeness (QED) is 0.745. The summed E-state index contributed by atoms with van der Waals surface area (Å²) in [6.45, 7) is 1.91. The number of piperidine rings is 1. The Kier molecular flexibility index (Phi) is 5.71. The number of aromatic amines is 1. The first kappa shape index (κ1) is 19.4. The maximum Gasteiger partial charge on any atom is 0.223 e. The number of methoxy groups -OCH3 is 1. The van der Waals surface area contributed by atoms with Gasteiger partial charge in [0, 0.05) is 51.2 Å². The van der Waals surface area contributed by atoms with Crippen LogP contribution in [0.1, 0.15) is 61.9 Å². The minimum atomic E-state index is -0.345. The lowest BCUT2D eigenvalue weighted by Gasteiger charge is -2.41. The number of amides is 2. The van der Waals surface area contributed by atoms with Gasteiger partial charge in [-0.3, -0.25) is 14.7 Å². The molecule has 1 aromatic heterocycles. The van der Waals surface area contributed by atoms with Crippen molar-refractivity contribution in [1.29, 1.82) is 0 Å². The Hall–Kier alpha value is -1.89. The van der Waals surface area contributed by atoms with Gasteiger partial charge >= 0.3 is 0 Å². The first-order valence-electron chi connectivity index (χ1n) is 10.8. The van der Waals surface area contributed by atoms with E-state index in [1.165, 1.54) is 24.1 Å². The smallest absolute Gasteiger partial charge is 0.223 e. The van der Waals surface area contributed by atoms with Crippen molar-refractivity contribution in [1.82, 2.24) is 20.4 Å². The SMILES string of the molecule is COC1(CNC(=O)C2CC2)CCN(C(=O)CCc2n[nH]c3c2CCCC3)CC1. The molecule has 28 heavy (non-hydrogen) atoms. The van der Waals surface area contributed by atoms with Gasteiger partial charge in [0.05, 0.1) is 11.3 Å². The Bertz CT molecular complexity index is 717. The van der Waals surface area contributed by atoms with Crippen molar-refractivity contribution in [2.45, 2.75) is 69.8 Å². The zero-order valence-electron chi connectivity index (χ0n) is 16.9. The number of hydrogen-bond donors (Lipinski definition) is 2. The van der Waals surface area contributed by atoms with E-state index in [-0.39, 0.29) is 23.3 Å². The van der Waals surface area contributed by atoms with E-state index >= 15 is 0 Å². The van der Waals surface area contributed by atoms with E-state index in [1.54, 1.807) is 7.11 Å². The van der Waals surface area contributed by atoms with Crippen LogP contribution in [0.2, 0.25) is 0 Å². The number of aryl methyl sites for hydroxylation is 2. The number of likely N-dealkylation sites (tertiary alicyclic amines) is 1. The van der Waals surface area contributed by atoms with E-state index in [9.17, 15) is 9.59 Å². The maximum atomic E-state index is 12.7. The molecule has 0 aromatic carbocycles. The second kappa shape index (κ2) is 8.23. The lowest BCUT2D eigenvalue weighted by molar-refractivity contribution is -0.137. The van der Waals surface area contributed by atoms with Gasteiger partial charge in [0.1, 0.15) is 0 Å². The molecule has 1 aromatic rings. The summed E-state index contributed by atoms with van der Waals surface area (Å²) in [5, 5.41) is 10.7. The lowest BCUT2D eigenvalue weighted by Crippen LogP contribution is -2.53. The van der Waals surface area contributed by atoms with Crippen LogP contribution in [0.15, 0.2) is 0 Å². The molecule has 4 rings (SSSR count). The van der Waals surface area contributed by atoms with E-state index < -0.39 is 0 Å². The molecule has 7 heteroatoms. The fraction of sp³-hybridized carbons (Fsp3) is 0.762. The van der Waals surface area contributed by atoms with Crippen LogP contribution in [0.4, 0.5) is 0 Å². The predicted octanol–water partition coefficient (Wildman–Crippen LogP) is 1.75. The molecule has 2 aliphatic carbocycles. The number of ether oxygens (including phenoxy) is 1. The third-order valence-corrected chi connectivity index (χ3v) is 6.71. The van der Waals surface area contributed by atoms with Crippen LogP contribution in [0.25, 0.3) is 0 Å². The van der Waals surface area contributed by atoms with E-state index in [2.05, 4.69) is 15.5 Å². The predicted molar refractivity (Wildman–Crippen MR) is 105 cm³/mol. The number of carbonyl (C=O) groups is 2. The normalized spacial score (nSPS) is 21.2. The Labute approximate surface area is 166 Å². The molecule has 3 aliphatic rings. The first-order valence-corrected chi connectivity index (χ1v) is 10.8. The first-order chi connectivity index (χ1) is 13.6. The number of hydrogen-bond acceptors (Lipinski definition) is 4. The molecule has 1 saturated heterocycles. The van der Waals surface area contributed by atoms with Gasteiger partial charge < -0.3 is 15.0 Å². The summed E-state index contributed by atoms with van der Waals surface area (Å²) in [5.41, 5.74) is 3.35. The fourth-order valence-electron chi connectivity index (χ4n) is 4.49. The summed E-state index contributed by atoms with van der Waals surface area (Å²) in [6, 6.07) is 0. The number of fused-ring (bicyclic) bond motifs is 1. The topological polar surface area (TPSA) is 87.3 Å². The number of H-pyrrole nitrogens is 1. The van der Waals surface area contributed by atoms with Crippen LogP contribution < -0.4 is 5.32 Å². The van der Waals surface area contributed by atoms with Crippen molar-refractivity contribution in [3.05, 3.63) is 17.0 Å². The van der Waals surface area contributed by atoms with Crippen LogP contribution in [-0.2, 0) is 33.6 Å². The van der Waals surface area contributed by atoms with Crippen molar-refractivity contribution in [2.75, 3.05) is 26.7 Å². The largest absolute Gasteiger partial charge is 0.376 e. The molecule has 1 saturated carbocycles. The van der Waals surface area contributed by atoms with Crippen LogP contribution in [0.3, 0.4) is 0 Å². The van der Waals surface area contributed by atoms with Crippen molar-refractivity contribution in [3.63, 3.8) is 0 Å². The third kappa shape index (κ3) is 4.24. The minimum Gasteiger partial charge on any atom is -0.376 e. The molecule has 0 unspecified atom stereocenters. The van der Waals surface area contributed by atoms with Gasteiger partial charge in [-0.05, 0) is 56.9 Å². The van der Waals surface area contributed by atoms with Gasteiger partial charge in [-0.2, -0.15) is 5.10 Å². The summed E-state index contributed by atoms with van der Waals surface area (Å²) in [7, 11) is 1.71. The minimum absolute atomic E-state index is 0.150. The van der Waals surface area contributed by atoms with Crippen molar-refractivity contribution in [3.8, 4) is 0 Å². The molecule has 2 heterocycles. The van der Waals surface area contributed by atoms with Crippen molar-refractivity contribution >= 4 is 11.8 Å². The third-order valence-electron chi connectivity index (χ3n) is 6.71. The second-order valence-electron chi connectivity index (χ2n) is 8.59. The van der Waals surface area contributed by atoms with E-state index in [1.807, 2.05) is 4.90 Å². The molecule has 0 radical (unpaired) electrons. The number of nitrogens with zero attached hydrogens (tertiary/aromatic N) is 2. The van der Waals surface area contributed by atoms with Gasteiger partial charge in [0.2, 0.25) is 11.8 Å². The number of aromatic nitrogens is 2. The summed E-state index contributed by atoms with van der Waals surface area (Å²) >= 11 is 0. The average Bonchev–Trinajstić information content (AvgIpc) is 3.51. The molecular weight excluding hydrogens is 356 g/mol. The number of nitrogens with one attached hydrogen (secondary N) is 2. The molecular formula is C21H32N4O3. The molecule has 0 bridgehead atoms. The van der Waals surface area contributed by atoms with Crippen molar-refractivity contribution in [2.24, 2.45) is 5.92 Å². The highest BCUT2D eigenvalue weighted by Gasteiger charge is 2.38. The fourth-order valence-corrected chi connectivity index (χ4v) is 4.49. The molecule has 1 aliphatic heterocycles. The summed E-state index contributed by atoms with van der Waals surface area (Å²) in [4.78, 5) is 26.6. The molecule has 2 amide bonds. The van der Waals surface area contributed by atoms with E-state index in [0.717, 1.165) is 44.2 Å². The van der Waals surface area contributed by atoms with Crippen LogP contribution in [0.5, 0.6) is 0 Å². The Morgan fingerprint density at radius 2 is 2.00 bits per heavy atom. The molecule has 0 spiro atoms. The van der Waals surface area contributed by atoms with Crippen LogP contribution in [-0.4, -0.2) is 59.3 Å². The second-order valence-corrected chi connectivity index (χ2v) is 8.59. The summed E-state index contributed by atoms with van der Waals surface area (Å²) in [5.74, 6) is 0.555. The highest BCUT2D eigenvalue weighted by atomic mass is 16.5. The number of rotatable bonds is 7. The van der Waals surface area contributed by atoms with E-state index in [0.29, 0.717) is 32.5 Å². The van der Waals surface area contributed by atoms with Gasteiger partial charge in [-0.25, -0.2) is 0 Å². The highest BCUT2D eigenvalue weighted by molar-refractivity contribution is 5.81. The van der Waals surface area contributed by atoms with Gasteiger partial charge in [0.15, 0.2) is 0 Å². The van der Waals surface area contributed by atoms with Crippen LogP contribution in [0, 0.1) is 5.92 Å². The lowest BCUT2D eigenvalue weighted by atomic mass is 9.90. The van der Waals surface area contributed by atoms with E-state index in [4.69, 9.17) is 4.74 Å². The summed E-state index contributed by atoms with van der Waals surface area (Å²) < 4.78 is 5.77. The molecule has 2 N–H and O–H groups in total. The molecule has 154 valence electrons. The van der Waals surface area contributed by atoms with Crippen LogP contribution >= 0.6 is 0 Å². The van der Waals surface area contributed by atoms with Gasteiger partial charge in [-0.15, -0.1) is 0 Å². The van der Waals surface area contributed by atoms with Gasteiger partial charge in [0.25, 0.3) is 0 Å². The molecule has 2 fully saturated rings. The van der Waals surface area contributed by atoms with Crippen molar-refractivity contribution < 1.29 is 14.3 Å². The number of carbonyl (C=O) groups excluding carboxylic acids is 2. The summed E-state index contributed by atoms with van der Waals surface area (Å²) in [6.07, 6.45) is 9.38. The Balaban J connectivity index is 1.25. The zero-order chi connectivity index (χ0) is 19.6.